The Bertz CT molecular complexity index is 430. The Morgan fingerprint density at radius 1 is 1.32 bits per heavy atom. The molecule has 2 N–H and O–H groups in total. The van der Waals surface area contributed by atoms with Crippen LogP contribution in [0.1, 0.15) is 6.42 Å². The molecule has 1 aromatic rings. The topological polar surface area (TPSA) is 53.7 Å². The van der Waals surface area contributed by atoms with E-state index in [0.29, 0.717) is 19.6 Å². The number of methoxy groups -OCH3 is 1. The van der Waals surface area contributed by atoms with Crippen LogP contribution in [0.5, 0.6) is 5.75 Å². The first-order valence-corrected chi connectivity index (χ1v) is 6.09. The van der Waals surface area contributed by atoms with E-state index in [1.807, 2.05) is 0 Å². The molecule has 0 aromatic heterocycles. The first-order valence-electron chi connectivity index (χ1n) is 6.09. The molecule has 2 rings (SSSR count). The predicted octanol–water partition coefficient (Wildman–Crippen LogP) is 1.47. The van der Waals surface area contributed by atoms with Crippen LogP contribution in [0.15, 0.2) is 18.2 Å². The van der Waals surface area contributed by atoms with Crippen molar-refractivity contribution in [2.75, 3.05) is 20.3 Å². The van der Waals surface area contributed by atoms with Crippen LogP contribution < -0.4 is 10.5 Å². The third-order valence-electron chi connectivity index (χ3n) is 3.06. The van der Waals surface area contributed by atoms with E-state index in [0.717, 1.165) is 12.1 Å². The number of halogens is 2. The van der Waals surface area contributed by atoms with E-state index < -0.39 is 11.6 Å². The molecule has 1 aliphatic rings. The zero-order valence-corrected chi connectivity index (χ0v) is 10.6. The molecule has 4 nitrogen and oxygen atoms in total. The van der Waals surface area contributed by atoms with Crippen LogP contribution in [0.2, 0.25) is 0 Å². The molecule has 1 aromatic carbocycles. The molecule has 1 aliphatic carbocycles. The Hall–Kier alpha value is -1.24. The third-order valence-corrected chi connectivity index (χ3v) is 3.06. The highest BCUT2D eigenvalue weighted by molar-refractivity contribution is 5.25. The highest BCUT2D eigenvalue weighted by atomic mass is 19.1. The summed E-state index contributed by atoms with van der Waals surface area (Å²) >= 11 is 0. The van der Waals surface area contributed by atoms with Gasteiger partial charge in [0.2, 0.25) is 0 Å². The van der Waals surface area contributed by atoms with Crippen molar-refractivity contribution in [3.63, 3.8) is 0 Å². The molecule has 106 valence electrons. The fraction of sp³-hybridized carbons (Fsp3) is 0.538. The van der Waals surface area contributed by atoms with Crippen molar-refractivity contribution < 1.29 is 23.0 Å². The SMILES string of the molecule is COCCOC1C(N)CC1Oc1ccc(F)cc1F. The molecule has 0 bridgehead atoms. The second-order valence-corrected chi connectivity index (χ2v) is 4.46. The lowest BCUT2D eigenvalue weighted by Gasteiger charge is -2.41. The maximum absolute atomic E-state index is 13.4. The lowest BCUT2D eigenvalue weighted by molar-refractivity contribution is -0.107. The van der Waals surface area contributed by atoms with Gasteiger partial charge in [-0.15, -0.1) is 0 Å². The van der Waals surface area contributed by atoms with Crippen molar-refractivity contribution in [1.82, 2.24) is 0 Å². The summed E-state index contributed by atoms with van der Waals surface area (Å²) in [6, 6.07) is 3.07. The molecule has 0 radical (unpaired) electrons. The first-order chi connectivity index (χ1) is 9.11. The van der Waals surface area contributed by atoms with Crippen molar-refractivity contribution in [2.24, 2.45) is 5.73 Å². The Kier molecular flexibility index (Phi) is 4.68. The molecule has 0 amide bonds. The lowest BCUT2D eigenvalue weighted by atomic mass is 9.86. The van der Waals surface area contributed by atoms with E-state index >= 15 is 0 Å². The van der Waals surface area contributed by atoms with Gasteiger partial charge in [-0.3, -0.25) is 0 Å². The number of hydrogen-bond acceptors (Lipinski definition) is 4. The van der Waals surface area contributed by atoms with Crippen LogP contribution in [0.25, 0.3) is 0 Å². The number of hydrogen-bond donors (Lipinski definition) is 1. The molecule has 1 saturated carbocycles. The second-order valence-electron chi connectivity index (χ2n) is 4.46. The molecule has 0 aliphatic heterocycles. The average molecular weight is 273 g/mol. The summed E-state index contributed by atoms with van der Waals surface area (Å²) < 4.78 is 42.1. The van der Waals surface area contributed by atoms with Gasteiger partial charge in [-0.1, -0.05) is 0 Å². The molecule has 19 heavy (non-hydrogen) atoms. The maximum Gasteiger partial charge on any atom is 0.167 e. The predicted molar refractivity (Wildman–Crippen MR) is 65.0 cm³/mol. The van der Waals surface area contributed by atoms with E-state index in [-0.39, 0.29) is 24.0 Å². The standard InChI is InChI=1S/C13H17F2NO3/c1-17-4-5-18-13-10(16)7-12(13)19-11-3-2-8(14)6-9(11)15/h2-3,6,10,12-13H,4-5,7,16H2,1H3. The van der Waals surface area contributed by atoms with Crippen LogP contribution in [0.3, 0.4) is 0 Å². The summed E-state index contributed by atoms with van der Waals surface area (Å²) in [7, 11) is 1.58. The molecule has 3 unspecified atom stereocenters. The largest absolute Gasteiger partial charge is 0.485 e. The third kappa shape index (κ3) is 3.40. The van der Waals surface area contributed by atoms with Crippen LogP contribution in [-0.4, -0.2) is 38.6 Å². The highest BCUT2D eigenvalue weighted by Crippen LogP contribution is 2.29. The molecular formula is C13H17F2NO3. The molecule has 1 fully saturated rings. The van der Waals surface area contributed by atoms with Gasteiger partial charge in [-0.25, -0.2) is 8.78 Å². The highest BCUT2D eigenvalue weighted by Gasteiger charge is 2.41. The van der Waals surface area contributed by atoms with Gasteiger partial charge in [0.25, 0.3) is 0 Å². The molecule has 0 saturated heterocycles. The smallest absolute Gasteiger partial charge is 0.167 e. The lowest BCUT2D eigenvalue weighted by Crippen LogP contribution is -2.59. The summed E-state index contributed by atoms with van der Waals surface area (Å²) in [4.78, 5) is 0. The Balaban J connectivity index is 1.91. The minimum atomic E-state index is -0.726. The van der Waals surface area contributed by atoms with Crippen LogP contribution in [-0.2, 0) is 9.47 Å². The number of rotatable bonds is 6. The van der Waals surface area contributed by atoms with Gasteiger partial charge in [-0.05, 0) is 12.1 Å². The van der Waals surface area contributed by atoms with Crippen molar-refractivity contribution in [3.8, 4) is 5.75 Å². The fourth-order valence-corrected chi connectivity index (χ4v) is 1.96. The monoisotopic (exact) mass is 273 g/mol. The van der Waals surface area contributed by atoms with Gasteiger partial charge < -0.3 is 19.9 Å². The Labute approximate surface area is 110 Å². The minimum Gasteiger partial charge on any atom is -0.485 e. The Morgan fingerprint density at radius 3 is 2.74 bits per heavy atom. The number of benzene rings is 1. The van der Waals surface area contributed by atoms with Crippen molar-refractivity contribution in [2.45, 2.75) is 24.7 Å². The summed E-state index contributed by atoms with van der Waals surface area (Å²) in [6.45, 7) is 0.863. The zero-order chi connectivity index (χ0) is 13.8. The van der Waals surface area contributed by atoms with E-state index in [2.05, 4.69) is 0 Å². The Morgan fingerprint density at radius 2 is 2.11 bits per heavy atom. The summed E-state index contributed by atoms with van der Waals surface area (Å²) in [5.41, 5.74) is 5.81. The fourth-order valence-electron chi connectivity index (χ4n) is 1.96. The van der Waals surface area contributed by atoms with E-state index in [1.165, 1.54) is 6.07 Å². The quantitative estimate of drug-likeness (QED) is 0.798. The van der Waals surface area contributed by atoms with Gasteiger partial charge in [-0.2, -0.15) is 0 Å². The second kappa shape index (κ2) is 6.27. The first kappa shape index (κ1) is 14.2. The van der Waals surface area contributed by atoms with Gasteiger partial charge >= 0.3 is 0 Å². The van der Waals surface area contributed by atoms with E-state index in [9.17, 15) is 8.78 Å². The number of nitrogens with two attached hydrogens (primary N) is 1. The van der Waals surface area contributed by atoms with Gasteiger partial charge in [0.05, 0.1) is 13.2 Å². The van der Waals surface area contributed by atoms with E-state index in [1.54, 1.807) is 7.11 Å². The van der Waals surface area contributed by atoms with Crippen LogP contribution in [0.4, 0.5) is 8.78 Å². The molecular weight excluding hydrogens is 256 g/mol. The summed E-state index contributed by atoms with van der Waals surface area (Å²) in [5.74, 6) is -1.35. The van der Waals surface area contributed by atoms with Crippen LogP contribution in [0, 0.1) is 11.6 Å². The summed E-state index contributed by atoms with van der Waals surface area (Å²) in [5, 5.41) is 0. The zero-order valence-electron chi connectivity index (χ0n) is 10.6. The molecule has 0 heterocycles. The van der Waals surface area contributed by atoms with Gasteiger partial charge in [0.1, 0.15) is 18.0 Å². The van der Waals surface area contributed by atoms with Crippen LogP contribution >= 0.6 is 0 Å². The maximum atomic E-state index is 13.4. The molecule has 6 heteroatoms. The van der Waals surface area contributed by atoms with Gasteiger partial charge in [0, 0.05) is 25.6 Å². The van der Waals surface area contributed by atoms with Crippen molar-refractivity contribution >= 4 is 0 Å². The van der Waals surface area contributed by atoms with Crippen molar-refractivity contribution in [3.05, 3.63) is 29.8 Å². The molecule has 3 atom stereocenters. The normalized spacial score (nSPS) is 26.0. The minimum absolute atomic E-state index is 0.0126. The van der Waals surface area contributed by atoms with Crippen molar-refractivity contribution in [1.29, 1.82) is 0 Å². The number of ether oxygens (including phenoxy) is 3. The average Bonchev–Trinajstić information content (AvgIpc) is 2.37. The summed E-state index contributed by atoms with van der Waals surface area (Å²) in [6.07, 6.45) is -0.0273. The molecule has 0 spiro atoms. The van der Waals surface area contributed by atoms with E-state index in [4.69, 9.17) is 19.9 Å². The van der Waals surface area contributed by atoms with Gasteiger partial charge in [0.15, 0.2) is 11.6 Å².